The highest BCUT2D eigenvalue weighted by Gasteiger charge is 2.42. The number of nitrogens with zero attached hydrogens (tertiary/aromatic N) is 2. The Morgan fingerprint density at radius 3 is 2.55 bits per heavy atom. The summed E-state index contributed by atoms with van der Waals surface area (Å²) in [7, 11) is 3.08. The molecule has 1 fully saturated rings. The van der Waals surface area contributed by atoms with E-state index in [1.807, 2.05) is 0 Å². The number of nitrogens with one attached hydrogen (secondary N) is 1. The van der Waals surface area contributed by atoms with Crippen molar-refractivity contribution in [3.63, 3.8) is 0 Å². The van der Waals surface area contributed by atoms with Crippen LogP contribution in [0.2, 0.25) is 0 Å². The van der Waals surface area contributed by atoms with Gasteiger partial charge in [-0.05, 0) is 29.8 Å². The molecule has 0 spiro atoms. The number of nitriles is 1. The van der Waals surface area contributed by atoms with E-state index in [0.29, 0.717) is 16.9 Å². The van der Waals surface area contributed by atoms with E-state index in [4.69, 9.17) is 4.74 Å². The SMILES string of the molecule is COc1cccc(C#N)c1C(C)C1NC(=O)C(Cc2ccc(F)cc2)N(C)C1=O. The number of carbonyl (C=O) groups is 2. The predicted octanol–water partition coefficient (Wildman–Crippen LogP) is 2.38. The number of hydrogen-bond donors (Lipinski definition) is 1. The lowest BCUT2D eigenvalue weighted by Gasteiger charge is -2.39. The Morgan fingerprint density at radius 1 is 1.24 bits per heavy atom. The number of likely N-dealkylation sites (N-methyl/N-ethyl adjacent to an activating group) is 1. The van der Waals surface area contributed by atoms with Gasteiger partial charge in [0.15, 0.2) is 0 Å². The summed E-state index contributed by atoms with van der Waals surface area (Å²) >= 11 is 0. The van der Waals surface area contributed by atoms with Gasteiger partial charge in [0.05, 0.1) is 18.7 Å². The smallest absolute Gasteiger partial charge is 0.246 e. The Balaban J connectivity index is 1.86. The fourth-order valence-corrected chi connectivity index (χ4v) is 3.73. The van der Waals surface area contributed by atoms with E-state index in [-0.39, 0.29) is 24.1 Å². The van der Waals surface area contributed by atoms with Gasteiger partial charge in [-0.1, -0.05) is 25.1 Å². The Kier molecular flexibility index (Phi) is 5.83. The molecule has 0 bridgehead atoms. The number of methoxy groups -OCH3 is 1. The molecule has 3 unspecified atom stereocenters. The normalized spacial score (nSPS) is 20.0. The van der Waals surface area contributed by atoms with Crippen LogP contribution in [0.4, 0.5) is 4.39 Å². The molecule has 1 N–H and O–H groups in total. The minimum atomic E-state index is -0.819. The van der Waals surface area contributed by atoms with Crippen LogP contribution in [0.1, 0.15) is 29.5 Å². The van der Waals surface area contributed by atoms with Gasteiger partial charge in [-0.15, -0.1) is 0 Å². The zero-order valence-electron chi connectivity index (χ0n) is 16.5. The van der Waals surface area contributed by atoms with E-state index < -0.39 is 18.0 Å². The number of ether oxygens (including phenoxy) is 1. The molecule has 3 atom stereocenters. The van der Waals surface area contributed by atoms with Crippen LogP contribution in [0.3, 0.4) is 0 Å². The number of carbonyl (C=O) groups excluding carboxylic acids is 2. The fraction of sp³-hybridized carbons (Fsp3) is 0.318. The van der Waals surface area contributed by atoms with Gasteiger partial charge in [-0.25, -0.2) is 4.39 Å². The maximum absolute atomic E-state index is 13.1. The third kappa shape index (κ3) is 3.92. The van der Waals surface area contributed by atoms with Crippen LogP contribution >= 0.6 is 0 Å². The molecule has 7 heteroatoms. The van der Waals surface area contributed by atoms with Crippen molar-refractivity contribution in [2.75, 3.05) is 14.2 Å². The van der Waals surface area contributed by atoms with Crippen molar-refractivity contribution in [3.05, 3.63) is 65.0 Å². The summed E-state index contributed by atoms with van der Waals surface area (Å²) in [5.41, 5.74) is 1.74. The van der Waals surface area contributed by atoms with Crippen molar-refractivity contribution in [3.8, 4) is 11.8 Å². The van der Waals surface area contributed by atoms with Crippen LogP contribution in [-0.2, 0) is 16.0 Å². The van der Waals surface area contributed by atoms with E-state index >= 15 is 0 Å². The summed E-state index contributed by atoms with van der Waals surface area (Å²) in [6.45, 7) is 1.79. The minimum absolute atomic E-state index is 0.251. The van der Waals surface area contributed by atoms with Crippen molar-refractivity contribution in [2.24, 2.45) is 0 Å². The molecule has 0 aliphatic carbocycles. The monoisotopic (exact) mass is 395 g/mol. The van der Waals surface area contributed by atoms with Crippen molar-refractivity contribution in [2.45, 2.75) is 31.3 Å². The molecule has 0 radical (unpaired) electrons. The van der Waals surface area contributed by atoms with Gasteiger partial charge >= 0.3 is 0 Å². The van der Waals surface area contributed by atoms with E-state index in [2.05, 4.69) is 11.4 Å². The zero-order valence-corrected chi connectivity index (χ0v) is 16.5. The predicted molar refractivity (Wildman–Crippen MR) is 105 cm³/mol. The molecule has 1 saturated heterocycles. The van der Waals surface area contributed by atoms with Crippen LogP contribution in [0.5, 0.6) is 5.75 Å². The first-order chi connectivity index (χ1) is 13.9. The molecule has 150 valence electrons. The van der Waals surface area contributed by atoms with Crippen molar-refractivity contribution in [1.29, 1.82) is 5.26 Å². The van der Waals surface area contributed by atoms with Gasteiger partial charge in [0.25, 0.3) is 0 Å². The van der Waals surface area contributed by atoms with Crippen LogP contribution in [0.15, 0.2) is 42.5 Å². The summed E-state index contributed by atoms with van der Waals surface area (Å²) in [5, 5.41) is 12.3. The summed E-state index contributed by atoms with van der Waals surface area (Å²) in [5.74, 6) is -0.868. The molecule has 1 aliphatic rings. The first-order valence-corrected chi connectivity index (χ1v) is 9.25. The second kappa shape index (κ2) is 8.31. The molecular formula is C22H22FN3O3. The first-order valence-electron chi connectivity index (χ1n) is 9.25. The highest BCUT2D eigenvalue weighted by atomic mass is 19.1. The van der Waals surface area contributed by atoms with Gasteiger partial charge in [-0.2, -0.15) is 5.26 Å². The van der Waals surface area contributed by atoms with E-state index in [1.165, 1.54) is 24.1 Å². The molecule has 0 aromatic heterocycles. The number of halogens is 1. The van der Waals surface area contributed by atoms with Crippen LogP contribution < -0.4 is 10.1 Å². The van der Waals surface area contributed by atoms with Gasteiger partial charge in [0, 0.05) is 24.9 Å². The summed E-state index contributed by atoms with van der Waals surface area (Å²) in [6, 6.07) is 11.6. The quantitative estimate of drug-likeness (QED) is 0.843. The summed E-state index contributed by atoms with van der Waals surface area (Å²) in [6.07, 6.45) is 0.285. The number of amides is 2. The molecule has 3 rings (SSSR count). The average Bonchev–Trinajstić information content (AvgIpc) is 2.73. The Labute approximate surface area is 168 Å². The Bertz CT molecular complexity index is 968. The van der Waals surface area contributed by atoms with Crippen molar-refractivity contribution >= 4 is 11.8 Å². The van der Waals surface area contributed by atoms with E-state index in [1.54, 1.807) is 44.3 Å². The maximum Gasteiger partial charge on any atom is 0.246 e. The lowest BCUT2D eigenvalue weighted by atomic mass is 9.86. The molecule has 29 heavy (non-hydrogen) atoms. The largest absolute Gasteiger partial charge is 0.496 e. The molecule has 6 nitrogen and oxygen atoms in total. The van der Waals surface area contributed by atoms with Crippen LogP contribution in [0.25, 0.3) is 0 Å². The average molecular weight is 395 g/mol. The Morgan fingerprint density at radius 2 is 1.93 bits per heavy atom. The maximum atomic E-state index is 13.1. The number of rotatable bonds is 5. The third-order valence-corrected chi connectivity index (χ3v) is 5.39. The molecule has 1 aliphatic heterocycles. The van der Waals surface area contributed by atoms with E-state index in [9.17, 15) is 19.2 Å². The highest BCUT2D eigenvalue weighted by molar-refractivity contribution is 5.97. The second-order valence-corrected chi connectivity index (χ2v) is 7.10. The van der Waals surface area contributed by atoms with Crippen LogP contribution in [0, 0.1) is 17.1 Å². The van der Waals surface area contributed by atoms with Gasteiger partial charge < -0.3 is 15.0 Å². The third-order valence-electron chi connectivity index (χ3n) is 5.39. The summed E-state index contributed by atoms with van der Waals surface area (Å²) < 4.78 is 18.5. The standard InChI is InChI=1S/C22H22FN3O3/c1-13(19-15(12-24)5-4-6-18(19)29-3)20-22(28)26(2)17(21(27)25-20)11-14-7-9-16(23)10-8-14/h4-10,13,17,20H,11H2,1-3H3,(H,25,27). The lowest BCUT2D eigenvalue weighted by molar-refractivity contribution is -0.148. The number of hydrogen-bond acceptors (Lipinski definition) is 4. The fourth-order valence-electron chi connectivity index (χ4n) is 3.73. The van der Waals surface area contributed by atoms with Crippen LogP contribution in [-0.4, -0.2) is 43.0 Å². The lowest BCUT2D eigenvalue weighted by Crippen LogP contribution is -2.63. The zero-order chi connectivity index (χ0) is 21.1. The minimum Gasteiger partial charge on any atom is -0.496 e. The Hall–Kier alpha value is -3.40. The van der Waals surface area contributed by atoms with Gasteiger partial charge in [-0.3, -0.25) is 9.59 Å². The van der Waals surface area contributed by atoms with Crippen molar-refractivity contribution < 1.29 is 18.7 Å². The summed E-state index contributed by atoms with van der Waals surface area (Å²) in [4.78, 5) is 27.3. The topological polar surface area (TPSA) is 82.4 Å². The molecule has 2 aromatic rings. The highest BCUT2D eigenvalue weighted by Crippen LogP contribution is 2.33. The molecule has 2 aromatic carbocycles. The van der Waals surface area contributed by atoms with Gasteiger partial charge in [0.1, 0.15) is 23.7 Å². The van der Waals surface area contributed by atoms with E-state index in [0.717, 1.165) is 5.56 Å². The number of piperazine rings is 1. The number of benzene rings is 2. The molecule has 1 heterocycles. The first kappa shape index (κ1) is 20.3. The van der Waals surface area contributed by atoms with Gasteiger partial charge in [0.2, 0.25) is 11.8 Å². The molecular weight excluding hydrogens is 373 g/mol. The molecule has 0 saturated carbocycles. The second-order valence-electron chi connectivity index (χ2n) is 7.10. The molecule has 2 amide bonds. The van der Waals surface area contributed by atoms with Crippen molar-refractivity contribution in [1.82, 2.24) is 10.2 Å².